The van der Waals surface area contributed by atoms with E-state index in [0.29, 0.717) is 5.56 Å². The van der Waals surface area contributed by atoms with Gasteiger partial charge in [0.15, 0.2) is 0 Å². The zero-order valence-electron chi connectivity index (χ0n) is 15.8. The Labute approximate surface area is 150 Å². The molecule has 0 atom stereocenters. The summed E-state index contributed by atoms with van der Waals surface area (Å²) in [5.41, 5.74) is 2.45. The number of para-hydroxylation sites is 1. The van der Waals surface area contributed by atoms with Crippen LogP contribution in [0.4, 0.5) is 11.5 Å². The fraction of sp³-hybridized carbons (Fsp3) is 0.400. The van der Waals surface area contributed by atoms with Gasteiger partial charge in [0.05, 0.1) is 5.56 Å². The molecule has 0 saturated heterocycles. The molecule has 0 fully saturated rings. The average Bonchev–Trinajstić information content (AvgIpc) is 2.54. The zero-order valence-corrected chi connectivity index (χ0v) is 15.8. The number of pyridine rings is 1. The normalized spacial score (nSPS) is 11.4. The number of nitrogens with zero attached hydrogens (tertiary/aromatic N) is 2. The highest BCUT2D eigenvalue weighted by atomic mass is 16.1. The summed E-state index contributed by atoms with van der Waals surface area (Å²) < 4.78 is 0. The number of hydrogen-bond acceptors (Lipinski definition) is 4. The van der Waals surface area contributed by atoms with Crippen molar-refractivity contribution in [2.75, 3.05) is 37.8 Å². The van der Waals surface area contributed by atoms with Gasteiger partial charge in [-0.05, 0) is 43.3 Å². The number of rotatable bonds is 6. The van der Waals surface area contributed by atoms with Gasteiger partial charge in [0.1, 0.15) is 5.82 Å². The van der Waals surface area contributed by atoms with Gasteiger partial charge in [-0.15, -0.1) is 0 Å². The Morgan fingerprint density at radius 1 is 1.12 bits per heavy atom. The van der Waals surface area contributed by atoms with E-state index in [1.165, 1.54) is 0 Å². The Morgan fingerprint density at radius 3 is 2.44 bits per heavy atom. The summed E-state index contributed by atoms with van der Waals surface area (Å²) in [5, 5.41) is 6.24. The fourth-order valence-corrected chi connectivity index (χ4v) is 2.48. The molecule has 2 rings (SSSR count). The third-order valence-electron chi connectivity index (χ3n) is 3.87. The van der Waals surface area contributed by atoms with Gasteiger partial charge in [-0.3, -0.25) is 4.79 Å². The van der Waals surface area contributed by atoms with Gasteiger partial charge < -0.3 is 15.5 Å². The molecule has 2 aromatic rings. The largest absolute Gasteiger partial charge is 0.369 e. The topological polar surface area (TPSA) is 57.3 Å². The molecular formula is C20H28N4O. The fourth-order valence-electron chi connectivity index (χ4n) is 2.48. The maximum absolute atomic E-state index is 12.5. The summed E-state index contributed by atoms with van der Waals surface area (Å²) in [7, 11) is 4.05. The minimum atomic E-state index is -0.149. The van der Waals surface area contributed by atoms with Crippen LogP contribution >= 0.6 is 0 Å². The van der Waals surface area contributed by atoms with Crippen LogP contribution in [0, 0.1) is 0 Å². The number of carbonyl (C=O) groups is 1. The Balaban J connectivity index is 2.05. The molecule has 0 radical (unpaired) electrons. The van der Waals surface area contributed by atoms with Crippen LogP contribution in [-0.2, 0) is 5.41 Å². The number of likely N-dealkylation sites (N-methyl/N-ethyl adjacent to an activating group) is 1. The standard InChI is InChI=1S/C20H28N4O/c1-20(2,3)16-8-6-7-9-17(16)23-19(25)15-10-11-18(22-14-15)21-12-13-24(4)5/h6-11,14H,12-13H2,1-5H3,(H,21,22)(H,23,25). The van der Waals surface area contributed by atoms with Gasteiger partial charge in [-0.1, -0.05) is 39.0 Å². The van der Waals surface area contributed by atoms with Crippen molar-refractivity contribution in [2.45, 2.75) is 26.2 Å². The third-order valence-corrected chi connectivity index (χ3v) is 3.87. The van der Waals surface area contributed by atoms with Crippen molar-refractivity contribution >= 4 is 17.4 Å². The minimum absolute atomic E-state index is 0.0393. The average molecular weight is 340 g/mol. The Hall–Kier alpha value is -2.40. The van der Waals surface area contributed by atoms with Crippen molar-refractivity contribution in [3.05, 3.63) is 53.7 Å². The summed E-state index contributed by atoms with van der Waals surface area (Å²) in [6.07, 6.45) is 1.60. The van der Waals surface area contributed by atoms with Crippen molar-refractivity contribution in [1.82, 2.24) is 9.88 Å². The van der Waals surface area contributed by atoms with Crippen LogP contribution in [0.3, 0.4) is 0 Å². The second-order valence-corrected chi connectivity index (χ2v) is 7.41. The van der Waals surface area contributed by atoms with Gasteiger partial charge in [0.25, 0.3) is 5.91 Å². The van der Waals surface area contributed by atoms with Crippen LogP contribution in [0.2, 0.25) is 0 Å². The van der Waals surface area contributed by atoms with Gasteiger partial charge in [0.2, 0.25) is 0 Å². The molecule has 0 unspecified atom stereocenters. The summed E-state index contributed by atoms with van der Waals surface area (Å²) in [4.78, 5) is 18.9. The lowest BCUT2D eigenvalue weighted by molar-refractivity contribution is 0.102. The van der Waals surface area contributed by atoms with Crippen LogP contribution in [-0.4, -0.2) is 43.0 Å². The Morgan fingerprint density at radius 2 is 1.84 bits per heavy atom. The molecule has 134 valence electrons. The molecule has 0 aliphatic carbocycles. The summed E-state index contributed by atoms with van der Waals surface area (Å²) in [6.45, 7) is 8.13. The number of benzene rings is 1. The molecule has 5 nitrogen and oxygen atoms in total. The lowest BCUT2D eigenvalue weighted by Crippen LogP contribution is -2.21. The van der Waals surface area contributed by atoms with Gasteiger partial charge in [-0.2, -0.15) is 0 Å². The van der Waals surface area contributed by atoms with Crippen LogP contribution in [0.25, 0.3) is 0 Å². The molecule has 2 N–H and O–H groups in total. The third kappa shape index (κ3) is 5.57. The maximum Gasteiger partial charge on any atom is 0.257 e. The number of anilines is 2. The first kappa shape index (κ1) is 18.9. The predicted octanol–water partition coefficient (Wildman–Crippen LogP) is 3.60. The van der Waals surface area contributed by atoms with E-state index in [9.17, 15) is 4.79 Å². The number of aromatic nitrogens is 1. The quantitative estimate of drug-likeness (QED) is 0.843. The van der Waals surface area contributed by atoms with Crippen LogP contribution in [0.5, 0.6) is 0 Å². The predicted molar refractivity (Wildman–Crippen MR) is 104 cm³/mol. The van der Waals surface area contributed by atoms with E-state index in [-0.39, 0.29) is 11.3 Å². The Bertz CT molecular complexity index is 702. The first-order chi connectivity index (χ1) is 11.8. The van der Waals surface area contributed by atoms with E-state index in [4.69, 9.17) is 0 Å². The van der Waals surface area contributed by atoms with Crippen molar-refractivity contribution in [2.24, 2.45) is 0 Å². The van der Waals surface area contributed by atoms with E-state index in [1.807, 2.05) is 44.4 Å². The van der Waals surface area contributed by atoms with Crippen LogP contribution in [0.1, 0.15) is 36.7 Å². The summed E-state index contributed by atoms with van der Waals surface area (Å²) in [6, 6.07) is 11.5. The van der Waals surface area contributed by atoms with Crippen molar-refractivity contribution in [3.63, 3.8) is 0 Å². The van der Waals surface area contributed by atoms with E-state index < -0.39 is 0 Å². The number of hydrogen-bond donors (Lipinski definition) is 2. The highest BCUT2D eigenvalue weighted by Crippen LogP contribution is 2.29. The molecule has 0 spiro atoms. The molecule has 0 saturated carbocycles. The Kier molecular flexibility index (Phi) is 6.15. The molecule has 25 heavy (non-hydrogen) atoms. The molecule has 1 aromatic heterocycles. The molecule has 1 heterocycles. The summed E-state index contributed by atoms with van der Waals surface area (Å²) in [5.74, 6) is 0.623. The molecule has 5 heteroatoms. The minimum Gasteiger partial charge on any atom is -0.369 e. The lowest BCUT2D eigenvalue weighted by Gasteiger charge is -2.23. The zero-order chi connectivity index (χ0) is 18.4. The molecular weight excluding hydrogens is 312 g/mol. The molecule has 0 aliphatic rings. The smallest absolute Gasteiger partial charge is 0.257 e. The molecule has 0 bridgehead atoms. The van der Waals surface area contributed by atoms with Crippen molar-refractivity contribution < 1.29 is 4.79 Å². The second-order valence-electron chi connectivity index (χ2n) is 7.41. The lowest BCUT2D eigenvalue weighted by atomic mass is 9.86. The molecule has 1 amide bonds. The number of carbonyl (C=O) groups excluding carboxylic acids is 1. The second kappa shape index (κ2) is 8.12. The van der Waals surface area contributed by atoms with Crippen molar-refractivity contribution in [3.8, 4) is 0 Å². The van der Waals surface area contributed by atoms with Gasteiger partial charge in [0, 0.05) is 25.0 Å². The highest BCUT2D eigenvalue weighted by Gasteiger charge is 2.19. The SMILES string of the molecule is CN(C)CCNc1ccc(C(=O)Nc2ccccc2C(C)(C)C)cn1. The molecule has 0 aliphatic heterocycles. The molecule has 1 aromatic carbocycles. The van der Waals surface area contributed by atoms with E-state index in [2.05, 4.69) is 41.3 Å². The summed E-state index contributed by atoms with van der Waals surface area (Å²) >= 11 is 0. The first-order valence-corrected chi connectivity index (χ1v) is 8.53. The first-order valence-electron chi connectivity index (χ1n) is 8.53. The van der Waals surface area contributed by atoms with Crippen molar-refractivity contribution in [1.29, 1.82) is 0 Å². The maximum atomic E-state index is 12.5. The van der Waals surface area contributed by atoms with Gasteiger partial charge >= 0.3 is 0 Å². The van der Waals surface area contributed by atoms with Gasteiger partial charge in [-0.25, -0.2) is 4.98 Å². The monoisotopic (exact) mass is 340 g/mol. The highest BCUT2D eigenvalue weighted by molar-refractivity contribution is 6.04. The van der Waals surface area contributed by atoms with Crippen LogP contribution in [0.15, 0.2) is 42.6 Å². The number of amides is 1. The number of nitrogens with one attached hydrogen (secondary N) is 2. The van der Waals surface area contributed by atoms with E-state index in [1.54, 1.807) is 12.3 Å². The van der Waals surface area contributed by atoms with Crippen LogP contribution < -0.4 is 10.6 Å². The van der Waals surface area contributed by atoms with E-state index >= 15 is 0 Å². The van der Waals surface area contributed by atoms with E-state index in [0.717, 1.165) is 30.2 Å².